The zero-order valence-corrected chi connectivity index (χ0v) is 15.1. The molecule has 1 aromatic rings. The van der Waals surface area contributed by atoms with Gasteiger partial charge in [0, 0.05) is 12.5 Å². The highest BCUT2D eigenvalue weighted by Crippen LogP contribution is 2.25. The lowest BCUT2D eigenvalue weighted by molar-refractivity contribution is -0.134. The highest BCUT2D eigenvalue weighted by Gasteiger charge is 2.42. The monoisotopic (exact) mass is 358 g/mol. The van der Waals surface area contributed by atoms with Crippen LogP contribution in [0, 0.1) is 5.92 Å². The second-order valence-electron chi connectivity index (χ2n) is 7.24. The maximum Gasteiger partial charge on any atom is 0.417 e. The number of nitrogens with zero attached hydrogens (tertiary/aromatic N) is 1. The number of likely N-dealkylation sites (tertiary alicyclic amines) is 1. The van der Waals surface area contributed by atoms with Crippen molar-refractivity contribution in [2.24, 2.45) is 5.92 Å². The second kappa shape index (κ2) is 8.34. The molecule has 140 valence electrons. The fourth-order valence-electron chi connectivity index (χ4n) is 3.76. The van der Waals surface area contributed by atoms with Crippen LogP contribution < -0.4 is 5.32 Å². The molecule has 1 aliphatic carbocycles. The average Bonchev–Trinajstić information content (AvgIpc) is 3.04. The van der Waals surface area contributed by atoms with Gasteiger partial charge >= 0.3 is 6.09 Å². The van der Waals surface area contributed by atoms with Gasteiger partial charge in [0.15, 0.2) is 0 Å². The molecule has 1 N–H and O–H groups in total. The highest BCUT2D eigenvalue weighted by molar-refractivity contribution is 6.00. The molecular formula is C20H26N2O4. The van der Waals surface area contributed by atoms with E-state index in [0.29, 0.717) is 12.3 Å². The van der Waals surface area contributed by atoms with E-state index < -0.39 is 12.1 Å². The van der Waals surface area contributed by atoms with E-state index in [1.165, 1.54) is 6.42 Å². The fourth-order valence-corrected chi connectivity index (χ4v) is 3.76. The summed E-state index contributed by atoms with van der Waals surface area (Å²) in [5.74, 6) is -0.172. The Balaban J connectivity index is 1.60. The standard InChI is InChI=1S/C20H26N2O4/c1-14-7-5-6-10-16(14)21-19(24)17-11-12-18(23)22(17)20(25)26-13-15-8-3-2-4-9-15/h2-4,8-9,14,16-17H,5-7,10-13H2,1H3,(H,21,24)/t14-,16-,17-/m1/s1. The van der Waals surface area contributed by atoms with Gasteiger partial charge in [0.1, 0.15) is 12.6 Å². The van der Waals surface area contributed by atoms with Crippen molar-refractivity contribution in [1.82, 2.24) is 10.2 Å². The van der Waals surface area contributed by atoms with Gasteiger partial charge in [-0.05, 0) is 30.7 Å². The summed E-state index contributed by atoms with van der Waals surface area (Å²) >= 11 is 0. The van der Waals surface area contributed by atoms with Crippen LogP contribution in [0.3, 0.4) is 0 Å². The van der Waals surface area contributed by atoms with E-state index in [9.17, 15) is 14.4 Å². The molecule has 2 aliphatic rings. The van der Waals surface area contributed by atoms with Crippen molar-refractivity contribution in [3.8, 4) is 0 Å². The summed E-state index contributed by atoms with van der Waals surface area (Å²) in [6.45, 7) is 2.22. The molecule has 0 unspecified atom stereocenters. The Bertz CT molecular complexity index is 661. The maximum atomic E-state index is 12.7. The van der Waals surface area contributed by atoms with Crippen LogP contribution in [-0.4, -0.2) is 34.9 Å². The minimum absolute atomic E-state index is 0.0808. The molecule has 0 bridgehead atoms. The molecule has 26 heavy (non-hydrogen) atoms. The van der Waals surface area contributed by atoms with Gasteiger partial charge in [-0.1, -0.05) is 50.1 Å². The molecule has 6 heteroatoms. The number of ether oxygens (including phenoxy) is 1. The van der Waals surface area contributed by atoms with Crippen LogP contribution >= 0.6 is 0 Å². The van der Waals surface area contributed by atoms with Gasteiger partial charge in [0.05, 0.1) is 0 Å². The summed E-state index contributed by atoms with van der Waals surface area (Å²) < 4.78 is 5.26. The second-order valence-corrected chi connectivity index (χ2v) is 7.24. The van der Waals surface area contributed by atoms with Gasteiger partial charge in [-0.2, -0.15) is 0 Å². The molecule has 3 rings (SSSR count). The van der Waals surface area contributed by atoms with Gasteiger partial charge in [-0.15, -0.1) is 0 Å². The van der Waals surface area contributed by atoms with E-state index in [-0.39, 0.29) is 30.9 Å². The summed E-state index contributed by atoms with van der Waals surface area (Å²) in [6, 6.07) is 8.62. The number of hydrogen-bond acceptors (Lipinski definition) is 4. The molecule has 2 fully saturated rings. The van der Waals surface area contributed by atoms with Crippen LogP contribution in [-0.2, 0) is 20.9 Å². The lowest BCUT2D eigenvalue weighted by atomic mass is 9.86. The number of carbonyl (C=O) groups excluding carboxylic acids is 3. The molecule has 1 aliphatic heterocycles. The minimum Gasteiger partial charge on any atom is -0.444 e. The van der Waals surface area contributed by atoms with E-state index in [1.54, 1.807) is 0 Å². The van der Waals surface area contributed by atoms with Crippen molar-refractivity contribution in [3.05, 3.63) is 35.9 Å². The first kappa shape index (κ1) is 18.4. The van der Waals surface area contributed by atoms with Crippen molar-refractivity contribution < 1.29 is 19.1 Å². The smallest absolute Gasteiger partial charge is 0.417 e. The van der Waals surface area contributed by atoms with Gasteiger partial charge in [0.2, 0.25) is 11.8 Å². The number of hydrogen-bond donors (Lipinski definition) is 1. The quantitative estimate of drug-likeness (QED) is 0.898. The zero-order valence-electron chi connectivity index (χ0n) is 15.1. The SMILES string of the molecule is C[C@@H]1CCCC[C@H]1NC(=O)[C@H]1CCC(=O)N1C(=O)OCc1ccccc1. The Morgan fingerprint density at radius 3 is 2.62 bits per heavy atom. The average molecular weight is 358 g/mol. The van der Waals surface area contributed by atoms with Gasteiger partial charge < -0.3 is 10.1 Å². The normalized spacial score (nSPS) is 25.8. The van der Waals surface area contributed by atoms with Crippen molar-refractivity contribution >= 4 is 17.9 Å². The zero-order chi connectivity index (χ0) is 18.5. The van der Waals surface area contributed by atoms with Gasteiger partial charge in [-0.3, -0.25) is 9.59 Å². The first-order chi connectivity index (χ1) is 12.6. The van der Waals surface area contributed by atoms with Gasteiger partial charge in [-0.25, -0.2) is 9.69 Å². The molecule has 1 aromatic carbocycles. The number of imide groups is 1. The molecule has 1 saturated heterocycles. The van der Waals surface area contributed by atoms with E-state index in [2.05, 4.69) is 12.2 Å². The topological polar surface area (TPSA) is 75.7 Å². The van der Waals surface area contributed by atoms with E-state index in [1.807, 2.05) is 30.3 Å². The molecule has 3 amide bonds. The molecule has 1 saturated carbocycles. The van der Waals surface area contributed by atoms with E-state index >= 15 is 0 Å². The molecular weight excluding hydrogens is 332 g/mol. The van der Waals surface area contributed by atoms with Crippen LogP contribution in [0.4, 0.5) is 4.79 Å². The van der Waals surface area contributed by atoms with E-state index in [0.717, 1.165) is 29.7 Å². The molecule has 0 spiro atoms. The van der Waals surface area contributed by atoms with Crippen molar-refractivity contribution in [2.75, 3.05) is 0 Å². The van der Waals surface area contributed by atoms with Crippen LogP contribution in [0.2, 0.25) is 0 Å². The maximum absolute atomic E-state index is 12.7. The Kier molecular flexibility index (Phi) is 5.91. The predicted octanol–water partition coefficient (Wildman–Crippen LogP) is 3.01. The highest BCUT2D eigenvalue weighted by atomic mass is 16.6. The first-order valence-electron chi connectivity index (χ1n) is 9.39. The third kappa shape index (κ3) is 4.23. The molecule has 6 nitrogen and oxygen atoms in total. The molecule has 3 atom stereocenters. The van der Waals surface area contributed by atoms with Crippen LogP contribution in [0.25, 0.3) is 0 Å². The number of amides is 3. The molecule has 1 heterocycles. The fraction of sp³-hybridized carbons (Fsp3) is 0.550. The minimum atomic E-state index is -0.764. The Morgan fingerprint density at radius 1 is 1.15 bits per heavy atom. The Morgan fingerprint density at radius 2 is 1.88 bits per heavy atom. The molecule has 0 radical (unpaired) electrons. The summed E-state index contributed by atoms with van der Waals surface area (Å²) in [6.07, 6.45) is 4.14. The molecule has 0 aromatic heterocycles. The Labute approximate surface area is 153 Å². The summed E-state index contributed by atoms with van der Waals surface area (Å²) in [4.78, 5) is 38.2. The lowest BCUT2D eigenvalue weighted by Gasteiger charge is -2.31. The number of carbonyl (C=O) groups is 3. The third-order valence-electron chi connectivity index (χ3n) is 5.36. The van der Waals surface area contributed by atoms with Crippen LogP contribution in [0.15, 0.2) is 30.3 Å². The van der Waals surface area contributed by atoms with Crippen LogP contribution in [0.5, 0.6) is 0 Å². The summed E-state index contributed by atoms with van der Waals surface area (Å²) in [5.41, 5.74) is 0.838. The number of rotatable bonds is 4. The van der Waals surface area contributed by atoms with Crippen molar-refractivity contribution in [1.29, 1.82) is 0 Å². The predicted molar refractivity (Wildman–Crippen MR) is 96.1 cm³/mol. The summed E-state index contributed by atoms with van der Waals surface area (Å²) in [7, 11) is 0. The van der Waals surface area contributed by atoms with E-state index in [4.69, 9.17) is 4.74 Å². The lowest BCUT2D eigenvalue weighted by Crippen LogP contribution is -2.51. The number of benzene rings is 1. The van der Waals surface area contributed by atoms with Crippen molar-refractivity contribution in [3.63, 3.8) is 0 Å². The summed E-state index contributed by atoms with van der Waals surface area (Å²) in [5, 5.41) is 3.05. The third-order valence-corrected chi connectivity index (χ3v) is 5.36. The van der Waals surface area contributed by atoms with Gasteiger partial charge in [0.25, 0.3) is 0 Å². The van der Waals surface area contributed by atoms with Crippen LogP contribution in [0.1, 0.15) is 51.0 Å². The Hall–Kier alpha value is -2.37. The largest absolute Gasteiger partial charge is 0.444 e. The van der Waals surface area contributed by atoms with Crippen molar-refractivity contribution in [2.45, 2.75) is 64.1 Å². The first-order valence-corrected chi connectivity index (χ1v) is 9.39. The number of nitrogens with one attached hydrogen (secondary N) is 1.